The van der Waals surface area contributed by atoms with E-state index in [9.17, 15) is 13.2 Å². The number of sulfonamides is 1. The lowest BCUT2D eigenvalue weighted by Crippen LogP contribution is -2.49. The Hall–Kier alpha value is -1.40. The molecule has 1 heterocycles. The Labute approximate surface area is 120 Å². The standard InChI is InChI=1S/C14H20N2O3S/c1-11-6-8-12(9-7-11)15-14(17)13-5-3-4-10-16(13)20(2,18)19/h6-9,13H,3-5,10H2,1-2H3,(H,15,17). The Morgan fingerprint density at radius 2 is 1.90 bits per heavy atom. The Kier molecular flexibility index (Phi) is 4.45. The average Bonchev–Trinajstić information content (AvgIpc) is 2.40. The fourth-order valence-corrected chi connectivity index (χ4v) is 3.55. The lowest BCUT2D eigenvalue weighted by Gasteiger charge is -2.32. The van der Waals surface area contributed by atoms with Gasteiger partial charge in [0, 0.05) is 12.2 Å². The number of carbonyl (C=O) groups excluding carboxylic acids is 1. The van der Waals surface area contributed by atoms with Crippen LogP contribution in [-0.4, -0.2) is 37.5 Å². The van der Waals surface area contributed by atoms with Gasteiger partial charge in [0.05, 0.1) is 6.26 Å². The molecule has 1 fully saturated rings. The summed E-state index contributed by atoms with van der Waals surface area (Å²) >= 11 is 0. The van der Waals surface area contributed by atoms with E-state index in [1.807, 2.05) is 31.2 Å². The van der Waals surface area contributed by atoms with Crippen LogP contribution in [0.2, 0.25) is 0 Å². The molecule has 0 aliphatic carbocycles. The molecule has 1 aromatic rings. The Morgan fingerprint density at radius 1 is 1.25 bits per heavy atom. The average molecular weight is 296 g/mol. The molecule has 1 saturated heterocycles. The van der Waals surface area contributed by atoms with Gasteiger partial charge >= 0.3 is 0 Å². The molecule has 1 atom stereocenters. The number of anilines is 1. The fourth-order valence-electron chi connectivity index (χ4n) is 2.43. The van der Waals surface area contributed by atoms with Gasteiger partial charge in [-0.3, -0.25) is 4.79 Å². The lowest BCUT2D eigenvalue weighted by molar-refractivity contribution is -0.120. The molecule has 5 nitrogen and oxygen atoms in total. The van der Waals surface area contributed by atoms with Crippen molar-refractivity contribution in [3.05, 3.63) is 29.8 Å². The third-order valence-corrected chi connectivity index (χ3v) is 4.79. The molecule has 20 heavy (non-hydrogen) atoms. The van der Waals surface area contributed by atoms with Crippen molar-refractivity contribution < 1.29 is 13.2 Å². The first kappa shape index (κ1) is 15.0. The summed E-state index contributed by atoms with van der Waals surface area (Å²) in [6, 6.07) is 6.86. The van der Waals surface area contributed by atoms with Crippen molar-refractivity contribution in [2.24, 2.45) is 0 Å². The largest absolute Gasteiger partial charge is 0.325 e. The normalized spacial score (nSPS) is 20.6. The van der Waals surface area contributed by atoms with Crippen LogP contribution in [0, 0.1) is 6.92 Å². The van der Waals surface area contributed by atoms with E-state index >= 15 is 0 Å². The zero-order valence-corrected chi connectivity index (χ0v) is 12.6. The van der Waals surface area contributed by atoms with Gasteiger partial charge in [-0.05, 0) is 31.9 Å². The Bertz CT molecular complexity index is 581. The quantitative estimate of drug-likeness (QED) is 0.924. The summed E-state index contributed by atoms with van der Waals surface area (Å²) in [5.41, 5.74) is 1.80. The predicted molar refractivity (Wildman–Crippen MR) is 79.0 cm³/mol. The summed E-state index contributed by atoms with van der Waals surface area (Å²) in [7, 11) is -3.35. The maximum atomic E-state index is 12.3. The Balaban J connectivity index is 2.12. The molecule has 6 heteroatoms. The second kappa shape index (κ2) is 5.93. The molecular weight excluding hydrogens is 276 g/mol. The van der Waals surface area contributed by atoms with Crippen molar-refractivity contribution in [3.8, 4) is 0 Å². The molecule has 110 valence electrons. The fraction of sp³-hybridized carbons (Fsp3) is 0.500. The lowest BCUT2D eigenvalue weighted by atomic mass is 10.0. The van der Waals surface area contributed by atoms with Crippen LogP contribution in [0.25, 0.3) is 0 Å². The van der Waals surface area contributed by atoms with E-state index in [1.165, 1.54) is 4.31 Å². The van der Waals surface area contributed by atoms with E-state index in [1.54, 1.807) is 0 Å². The van der Waals surface area contributed by atoms with Crippen molar-refractivity contribution in [1.82, 2.24) is 4.31 Å². The summed E-state index contributed by atoms with van der Waals surface area (Å²) < 4.78 is 24.8. The molecule has 1 aliphatic rings. The van der Waals surface area contributed by atoms with Crippen molar-refractivity contribution in [1.29, 1.82) is 0 Å². The van der Waals surface area contributed by atoms with E-state index in [2.05, 4.69) is 5.32 Å². The summed E-state index contributed by atoms with van der Waals surface area (Å²) in [6.45, 7) is 2.39. The van der Waals surface area contributed by atoms with Gasteiger partial charge in [0.2, 0.25) is 15.9 Å². The number of nitrogens with one attached hydrogen (secondary N) is 1. The van der Waals surface area contributed by atoms with Crippen molar-refractivity contribution >= 4 is 21.6 Å². The van der Waals surface area contributed by atoms with Gasteiger partial charge < -0.3 is 5.32 Å². The second-order valence-electron chi connectivity index (χ2n) is 5.24. The van der Waals surface area contributed by atoms with Gasteiger partial charge in [-0.1, -0.05) is 24.1 Å². The van der Waals surface area contributed by atoms with Crippen LogP contribution >= 0.6 is 0 Å². The van der Waals surface area contributed by atoms with Crippen LogP contribution in [0.3, 0.4) is 0 Å². The molecule has 2 rings (SSSR count). The van der Waals surface area contributed by atoms with Crippen LogP contribution in [0.1, 0.15) is 24.8 Å². The number of nitrogens with zero attached hydrogens (tertiary/aromatic N) is 1. The summed E-state index contributed by atoms with van der Waals surface area (Å²) in [5, 5.41) is 2.80. The highest BCUT2D eigenvalue weighted by atomic mass is 32.2. The number of carbonyl (C=O) groups is 1. The molecule has 0 aromatic heterocycles. The molecule has 0 radical (unpaired) electrons. The molecule has 1 aliphatic heterocycles. The van der Waals surface area contributed by atoms with Crippen molar-refractivity contribution in [2.75, 3.05) is 18.1 Å². The molecular formula is C14H20N2O3S. The first-order valence-corrected chi connectivity index (χ1v) is 8.57. The number of benzene rings is 1. The SMILES string of the molecule is Cc1ccc(NC(=O)C2CCCCN2S(C)(=O)=O)cc1. The topological polar surface area (TPSA) is 66.5 Å². The number of piperidine rings is 1. The maximum Gasteiger partial charge on any atom is 0.242 e. The van der Waals surface area contributed by atoms with Crippen LogP contribution in [0.5, 0.6) is 0 Å². The molecule has 1 amide bonds. The van der Waals surface area contributed by atoms with E-state index < -0.39 is 16.1 Å². The smallest absolute Gasteiger partial charge is 0.242 e. The van der Waals surface area contributed by atoms with Gasteiger partial charge in [0.15, 0.2) is 0 Å². The van der Waals surface area contributed by atoms with E-state index in [-0.39, 0.29) is 5.91 Å². The van der Waals surface area contributed by atoms with Gasteiger partial charge in [0.25, 0.3) is 0 Å². The van der Waals surface area contributed by atoms with Gasteiger partial charge in [0.1, 0.15) is 6.04 Å². The van der Waals surface area contributed by atoms with E-state index in [4.69, 9.17) is 0 Å². The van der Waals surface area contributed by atoms with E-state index in [0.29, 0.717) is 18.7 Å². The number of hydrogen-bond donors (Lipinski definition) is 1. The second-order valence-corrected chi connectivity index (χ2v) is 7.18. The number of hydrogen-bond acceptors (Lipinski definition) is 3. The summed E-state index contributed by atoms with van der Waals surface area (Å²) in [5.74, 6) is -0.251. The molecule has 0 spiro atoms. The number of rotatable bonds is 3. The van der Waals surface area contributed by atoms with Gasteiger partial charge in [-0.2, -0.15) is 4.31 Å². The minimum atomic E-state index is -3.35. The van der Waals surface area contributed by atoms with Crippen LogP contribution < -0.4 is 5.32 Å². The minimum absolute atomic E-state index is 0.251. The first-order valence-electron chi connectivity index (χ1n) is 6.72. The first-order chi connectivity index (χ1) is 9.38. The monoisotopic (exact) mass is 296 g/mol. The molecule has 1 unspecified atom stereocenters. The molecule has 1 N–H and O–H groups in total. The molecule has 0 bridgehead atoms. The highest BCUT2D eigenvalue weighted by Gasteiger charge is 2.34. The van der Waals surface area contributed by atoms with Crippen LogP contribution in [0.15, 0.2) is 24.3 Å². The Morgan fingerprint density at radius 3 is 2.50 bits per heavy atom. The van der Waals surface area contributed by atoms with Crippen molar-refractivity contribution in [3.63, 3.8) is 0 Å². The van der Waals surface area contributed by atoms with Gasteiger partial charge in [-0.25, -0.2) is 8.42 Å². The summed E-state index contributed by atoms with van der Waals surface area (Å²) in [6.07, 6.45) is 3.41. The number of aryl methyl sites for hydroxylation is 1. The summed E-state index contributed by atoms with van der Waals surface area (Å²) in [4.78, 5) is 12.3. The molecule has 0 saturated carbocycles. The molecule has 1 aromatic carbocycles. The zero-order chi connectivity index (χ0) is 14.8. The number of amides is 1. The van der Waals surface area contributed by atoms with Crippen LogP contribution in [-0.2, 0) is 14.8 Å². The zero-order valence-electron chi connectivity index (χ0n) is 11.8. The van der Waals surface area contributed by atoms with Gasteiger partial charge in [-0.15, -0.1) is 0 Å². The third-order valence-electron chi connectivity index (χ3n) is 3.50. The van der Waals surface area contributed by atoms with Crippen LogP contribution in [0.4, 0.5) is 5.69 Å². The highest BCUT2D eigenvalue weighted by molar-refractivity contribution is 7.88. The maximum absolute atomic E-state index is 12.3. The van der Waals surface area contributed by atoms with Crippen molar-refractivity contribution in [2.45, 2.75) is 32.2 Å². The minimum Gasteiger partial charge on any atom is -0.325 e. The predicted octanol–water partition coefficient (Wildman–Crippen LogP) is 1.75. The third kappa shape index (κ3) is 3.58. The highest BCUT2D eigenvalue weighted by Crippen LogP contribution is 2.21. The van der Waals surface area contributed by atoms with E-state index in [0.717, 1.165) is 24.7 Å².